The van der Waals surface area contributed by atoms with Crippen molar-refractivity contribution in [3.63, 3.8) is 0 Å². The second-order valence-corrected chi connectivity index (χ2v) is 5.73. The highest BCUT2D eigenvalue weighted by atomic mass is 32.1. The number of amides is 1. The van der Waals surface area contributed by atoms with Crippen molar-refractivity contribution >= 4 is 23.2 Å². The summed E-state index contributed by atoms with van der Waals surface area (Å²) in [5.74, 6) is 0.844. The lowest BCUT2D eigenvalue weighted by molar-refractivity contribution is -0.130. The quantitative estimate of drug-likeness (QED) is 0.547. The SMILES string of the molecule is O=C(NNC(=S)NC[C@H]1CCCO1)[C@@H]1COc2ccccc2O1. The Hall–Kier alpha value is -2.06. The lowest BCUT2D eigenvalue weighted by atomic mass is 10.2. The van der Waals surface area contributed by atoms with Gasteiger partial charge in [-0.25, -0.2) is 0 Å². The fraction of sp³-hybridized carbons (Fsp3) is 0.467. The summed E-state index contributed by atoms with van der Waals surface area (Å²) in [5, 5.41) is 3.35. The third kappa shape index (κ3) is 4.23. The Balaban J connectivity index is 1.40. The standard InChI is InChI=1S/C15H19N3O4S/c19-14(13-9-21-11-5-1-2-6-12(11)22-13)17-18-15(23)16-8-10-4-3-7-20-10/h1-2,5-6,10,13H,3-4,7-9H2,(H,17,19)(H2,16,18,23)/t10-,13+/m1/s1. The van der Waals surface area contributed by atoms with Crippen LogP contribution in [-0.4, -0.2) is 43.0 Å². The Morgan fingerprint density at radius 2 is 2.09 bits per heavy atom. The predicted octanol–water partition coefficient (Wildman–Crippen LogP) is 0.501. The highest BCUT2D eigenvalue weighted by molar-refractivity contribution is 7.80. The van der Waals surface area contributed by atoms with Gasteiger partial charge in [-0.3, -0.25) is 15.6 Å². The number of hydrogen-bond acceptors (Lipinski definition) is 5. The average molecular weight is 337 g/mol. The molecule has 7 nitrogen and oxygen atoms in total. The molecule has 1 fully saturated rings. The number of carbonyl (C=O) groups is 1. The number of hydrogen-bond donors (Lipinski definition) is 3. The van der Waals surface area contributed by atoms with E-state index in [-0.39, 0.29) is 18.6 Å². The van der Waals surface area contributed by atoms with Crippen molar-refractivity contribution in [3.05, 3.63) is 24.3 Å². The van der Waals surface area contributed by atoms with Gasteiger partial charge in [0, 0.05) is 13.2 Å². The van der Waals surface area contributed by atoms with Crippen molar-refractivity contribution < 1.29 is 19.0 Å². The van der Waals surface area contributed by atoms with Crippen LogP contribution < -0.4 is 25.6 Å². The molecule has 0 spiro atoms. The first kappa shape index (κ1) is 15.8. The highest BCUT2D eigenvalue weighted by Gasteiger charge is 2.27. The van der Waals surface area contributed by atoms with Gasteiger partial charge >= 0.3 is 0 Å². The van der Waals surface area contributed by atoms with Crippen LogP contribution in [0.3, 0.4) is 0 Å². The van der Waals surface area contributed by atoms with Crippen LogP contribution in [0.2, 0.25) is 0 Å². The summed E-state index contributed by atoms with van der Waals surface area (Å²) in [7, 11) is 0. The normalized spacial score (nSPS) is 22.3. The van der Waals surface area contributed by atoms with E-state index in [0.29, 0.717) is 23.2 Å². The lowest BCUT2D eigenvalue weighted by Crippen LogP contribution is -2.53. The van der Waals surface area contributed by atoms with Gasteiger partial charge in [0.05, 0.1) is 6.10 Å². The van der Waals surface area contributed by atoms with E-state index in [1.54, 1.807) is 12.1 Å². The molecule has 1 amide bonds. The number of ether oxygens (including phenoxy) is 3. The third-order valence-corrected chi connectivity index (χ3v) is 3.86. The van der Waals surface area contributed by atoms with E-state index in [1.165, 1.54) is 0 Å². The number of rotatable bonds is 3. The Kier molecular flexibility index (Phi) is 5.14. The molecule has 1 aromatic carbocycles. The second kappa shape index (κ2) is 7.47. The van der Waals surface area contributed by atoms with Crippen molar-refractivity contribution in [2.45, 2.75) is 25.0 Å². The minimum Gasteiger partial charge on any atom is -0.485 e. The van der Waals surface area contributed by atoms with Crippen LogP contribution in [0.5, 0.6) is 11.5 Å². The Bertz CT molecular complexity index is 578. The molecule has 2 atom stereocenters. The van der Waals surface area contributed by atoms with Crippen molar-refractivity contribution in [2.24, 2.45) is 0 Å². The Morgan fingerprint density at radius 3 is 2.87 bits per heavy atom. The predicted molar refractivity (Wildman–Crippen MR) is 87.2 cm³/mol. The van der Waals surface area contributed by atoms with Gasteiger partial charge in [-0.1, -0.05) is 12.1 Å². The first-order chi connectivity index (χ1) is 11.2. The molecular formula is C15H19N3O4S. The van der Waals surface area contributed by atoms with Crippen molar-refractivity contribution in [2.75, 3.05) is 19.8 Å². The van der Waals surface area contributed by atoms with Crippen LogP contribution in [0.4, 0.5) is 0 Å². The molecule has 0 aromatic heterocycles. The summed E-state index contributed by atoms with van der Waals surface area (Å²) in [5.41, 5.74) is 5.18. The van der Waals surface area contributed by atoms with Crippen molar-refractivity contribution in [3.8, 4) is 11.5 Å². The molecule has 2 aliphatic rings. The maximum Gasteiger partial charge on any atom is 0.283 e. The average Bonchev–Trinajstić information content (AvgIpc) is 3.11. The molecule has 1 aromatic rings. The van der Waals surface area contributed by atoms with Crippen LogP contribution in [0.1, 0.15) is 12.8 Å². The largest absolute Gasteiger partial charge is 0.485 e. The molecule has 124 valence electrons. The van der Waals surface area contributed by atoms with Crippen LogP contribution in [0, 0.1) is 0 Å². The molecule has 2 aliphatic heterocycles. The van der Waals surface area contributed by atoms with Crippen LogP contribution >= 0.6 is 12.2 Å². The molecule has 23 heavy (non-hydrogen) atoms. The van der Waals surface area contributed by atoms with Gasteiger partial charge < -0.3 is 19.5 Å². The van der Waals surface area contributed by atoms with Crippen LogP contribution in [0.25, 0.3) is 0 Å². The molecule has 0 radical (unpaired) electrons. The van der Waals surface area contributed by atoms with E-state index in [4.69, 9.17) is 26.4 Å². The highest BCUT2D eigenvalue weighted by Crippen LogP contribution is 2.30. The zero-order valence-electron chi connectivity index (χ0n) is 12.5. The molecule has 0 aliphatic carbocycles. The molecule has 8 heteroatoms. The van der Waals surface area contributed by atoms with Gasteiger partial charge in [0.1, 0.15) is 6.61 Å². The maximum atomic E-state index is 12.1. The number of thiocarbonyl (C=S) groups is 1. The van der Waals surface area contributed by atoms with Crippen molar-refractivity contribution in [1.82, 2.24) is 16.2 Å². The Morgan fingerprint density at radius 1 is 1.26 bits per heavy atom. The molecule has 2 heterocycles. The number of para-hydroxylation sites is 2. The van der Waals surface area contributed by atoms with Crippen LogP contribution in [-0.2, 0) is 9.53 Å². The minimum absolute atomic E-state index is 0.153. The zero-order valence-corrected chi connectivity index (χ0v) is 13.4. The minimum atomic E-state index is -0.724. The number of fused-ring (bicyclic) bond motifs is 1. The van der Waals surface area contributed by atoms with Gasteiger partial charge in [-0.15, -0.1) is 0 Å². The second-order valence-electron chi connectivity index (χ2n) is 5.32. The lowest BCUT2D eigenvalue weighted by Gasteiger charge is -2.25. The van der Waals surface area contributed by atoms with Gasteiger partial charge in [-0.05, 0) is 37.2 Å². The molecule has 3 rings (SSSR count). The van der Waals surface area contributed by atoms with E-state index < -0.39 is 6.10 Å². The van der Waals surface area contributed by atoms with Gasteiger partial charge in [0.25, 0.3) is 5.91 Å². The third-order valence-electron chi connectivity index (χ3n) is 3.61. The zero-order chi connectivity index (χ0) is 16.1. The summed E-state index contributed by atoms with van der Waals surface area (Å²) < 4.78 is 16.6. The smallest absolute Gasteiger partial charge is 0.283 e. The fourth-order valence-electron chi connectivity index (χ4n) is 2.40. The summed E-state index contributed by atoms with van der Waals surface area (Å²) >= 11 is 5.11. The van der Waals surface area contributed by atoms with Crippen LogP contribution in [0.15, 0.2) is 24.3 Å². The topological polar surface area (TPSA) is 80.9 Å². The monoisotopic (exact) mass is 337 g/mol. The molecule has 0 unspecified atom stereocenters. The van der Waals surface area contributed by atoms with E-state index in [0.717, 1.165) is 19.4 Å². The van der Waals surface area contributed by atoms with E-state index in [2.05, 4.69) is 16.2 Å². The summed E-state index contributed by atoms with van der Waals surface area (Å²) in [4.78, 5) is 12.1. The van der Waals surface area contributed by atoms with Gasteiger partial charge in [0.15, 0.2) is 16.6 Å². The molecular weight excluding hydrogens is 318 g/mol. The Labute approximate surface area is 139 Å². The summed E-state index contributed by atoms with van der Waals surface area (Å²) in [6.07, 6.45) is 1.55. The molecule has 1 saturated heterocycles. The molecule has 0 saturated carbocycles. The van der Waals surface area contributed by atoms with Gasteiger partial charge in [0.2, 0.25) is 6.10 Å². The van der Waals surface area contributed by atoms with E-state index >= 15 is 0 Å². The maximum absolute atomic E-state index is 12.1. The van der Waals surface area contributed by atoms with E-state index in [1.807, 2.05) is 12.1 Å². The first-order valence-corrected chi connectivity index (χ1v) is 7.97. The summed E-state index contributed by atoms with van der Waals surface area (Å²) in [6.45, 7) is 1.57. The van der Waals surface area contributed by atoms with Crippen molar-refractivity contribution in [1.29, 1.82) is 0 Å². The fourth-order valence-corrected chi connectivity index (χ4v) is 2.54. The number of hydrazine groups is 1. The first-order valence-electron chi connectivity index (χ1n) is 7.56. The number of nitrogens with one attached hydrogen (secondary N) is 3. The molecule has 3 N–H and O–H groups in total. The molecule has 0 bridgehead atoms. The van der Waals surface area contributed by atoms with E-state index in [9.17, 15) is 4.79 Å². The van der Waals surface area contributed by atoms with Gasteiger partial charge in [-0.2, -0.15) is 0 Å². The number of carbonyl (C=O) groups excluding carboxylic acids is 1. The summed E-state index contributed by atoms with van der Waals surface area (Å²) in [6, 6.07) is 7.23. The number of benzene rings is 1.